The summed E-state index contributed by atoms with van der Waals surface area (Å²) >= 11 is 11.8. The van der Waals surface area contributed by atoms with Crippen molar-refractivity contribution in [2.45, 2.75) is 12.8 Å². The summed E-state index contributed by atoms with van der Waals surface area (Å²) in [5.41, 5.74) is 0.0825. The summed E-state index contributed by atoms with van der Waals surface area (Å²) in [5, 5.41) is 14.0. The molecule has 0 aromatic heterocycles. The average molecular weight is 427 g/mol. The minimum absolute atomic E-state index is 0.0509. The second-order valence-electron chi connectivity index (χ2n) is 5.54. The molecule has 0 spiro atoms. The van der Waals surface area contributed by atoms with Crippen LogP contribution in [0.4, 0.5) is 11.4 Å². The summed E-state index contributed by atoms with van der Waals surface area (Å²) < 4.78 is 10.3. The number of amides is 1. The Morgan fingerprint density at radius 3 is 2.64 bits per heavy atom. The monoisotopic (exact) mass is 426 g/mol. The highest BCUT2D eigenvalue weighted by Crippen LogP contribution is 2.27. The highest BCUT2D eigenvalue weighted by Gasteiger charge is 2.11. The van der Waals surface area contributed by atoms with Gasteiger partial charge in [0.25, 0.3) is 11.6 Å². The lowest BCUT2D eigenvalue weighted by atomic mass is 10.3. The number of non-ortho nitro benzene ring substituents is 1. The molecule has 0 aliphatic carbocycles. The number of hydrogen-bond acceptors (Lipinski definition) is 6. The van der Waals surface area contributed by atoms with E-state index in [9.17, 15) is 19.7 Å². The Hall–Kier alpha value is -2.84. The van der Waals surface area contributed by atoms with Crippen molar-refractivity contribution >= 4 is 46.5 Å². The van der Waals surface area contributed by atoms with Crippen LogP contribution in [-0.4, -0.2) is 30.0 Å². The Labute approximate surface area is 170 Å². The topological polar surface area (TPSA) is 108 Å². The van der Waals surface area contributed by atoms with Gasteiger partial charge in [-0.05, 0) is 30.7 Å². The summed E-state index contributed by atoms with van der Waals surface area (Å²) in [6, 6.07) is 10.2. The van der Waals surface area contributed by atoms with Crippen LogP contribution in [0.5, 0.6) is 5.75 Å². The molecule has 148 valence electrons. The normalized spacial score (nSPS) is 10.2. The smallest absolute Gasteiger partial charge is 0.306 e. The first-order valence-corrected chi connectivity index (χ1v) is 8.88. The van der Waals surface area contributed by atoms with E-state index in [0.29, 0.717) is 22.2 Å². The number of nitro benzene ring substituents is 1. The van der Waals surface area contributed by atoms with Gasteiger partial charge in [-0.2, -0.15) is 0 Å². The van der Waals surface area contributed by atoms with E-state index < -0.39 is 23.4 Å². The van der Waals surface area contributed by atoms with Gasteiger partial charge >= 0.3 is 5.97 Å². The van der Waals surface area contributed by atoms with Crippen LogP contribution >= 0.6 is 23.2 Å². The Morgan fingerprint density at radius 1 is 1.14 bits per heavy atom. The van der Waals surface area contributed by atoms with Gasteiger partial charge in [-0.25, -0.2) is 0 Å². The van der Waals surface area contributed by atoms with Crippen molar-refractivity contribution in [1.82, 2.24) is 0 Å². The highest BCUT2D eigenvalue weighted by molar-refractivity contribution is 6.35. The number of nitrogens with zero attached hydrogens (tertiary/aromatic N) is 1. The molecule has 0 aliphatic heterocycles. The molecular formula is C18H16Cl2N2O6. The molecule has 0 aliphatic rings. The predicted molar refractivity (Wildman–Crippen MR) is 104 cm³/mol. The number of rotatable bonds is 9. The molecule has 0 radical (unpaired) electrons. The molecule has 1 amide bonds. The van der Waals surface area contributed by atoms with Crippen molar-refractivity contribution in [2.75, 3.05) is 18.5 Å². The fourth-order valence-corrected chi connectivity index (χ4v) is 2.57. The van der Waals surface area contributed by atoms with E-state index in [4.69, 9.17) is 32.7 Å². The number of hydrogen-bond donors (Lipinski definition) is 1. The van der Waals surface area contributed by atoms with Gasteiger partial charge in [-0.15, -0.1) is 0 Å². The largest absolute Gasteiger partial charge is 0.492 e. The molecule has 2 rings (SSSR count). The van der Waals surface area contributed by atoms with E-state index in [0.717, 1.165) is 0 Å². The second-order valence-corrected chi connectivity index (χ2v) is 6.39. The summed E-state index contributed by atoms with van der Waals surface area (Å²) in [4.78, 5) is 33.6. The number of nitro groups is 1. The number of benzene rings is 2. The fraction of sp³-hybridized carbons (Fsp3) is 0.222. The number of esters is 1. The molecule has 28 heavy (non-hydrogen) atoms. The van der Waals surface area contributed by atoms with E-state index in [1.54, 1.807) is 18.2 Å². The third-order valence-corrected chi connectivity index (χ3v) is 3.91. The molecule has 0 atom stereocenters. The SMILES string of the molecule is O=C(COC(=O)CCCOc1ccc(Cl)cc1Cl)Nc1cccc([N+](=O)[O-])c1. The van der Waals surface area contributed by atoms with Crippen molar-refractivity contribution in [3.05, 3.63) is 62.6 Å². The summed E-state index contributed by atoms with van der Waals surface area (Å²) in [6.45, 7) is -0.262. The third-order valence-electron chi connectivity index (χ3n) is 3.38. The summed E-state index contributed by atoms with van der Waals surface area (Å²) in [7, 11) is 0. The van der Waals surface area contributed by atoms with Crippen molar-refractivity contribution in [3.8, 4) is 5.75 Å². The molecular weight excluding hydrogens is 411 g/mol. The van der Waals surface area contributed by atoms with Gasteiger partial charge in [0.1, 0.15) is 5.75 Å². The summed E-state index contributed by atoms with van der Waals surface area (Å²) in [6.07, 6.45) is 0.416. The zero-order chi connectivity index (χ0) is 20.5. The standard InChI is InChI=1S/C18H16Cl2N2O6/c19-12-6-7-16(15(20)9-12)27-8-2-5-18(24)28-11-17(23)21-13-3-1-4-14(10-13)22(25)26/h1,3-4,6-7,9-10H,2,5,8,11H2,(H,21,23). The number of carbonyl (C=O) groups is 2. The molecule has 0 heterocycles. The molecule has 0 bridgehead atoms. The van der Waals surface area contributed by atoms with Crippen LogP contribution in [0.1, 0.15) is 12.8 Å². The third kappa shape index (κ3) is 7.05. The first kappa shape index (κ1) is 21.5. The Kier molecular flexibility index (Phi) is 8.03. The van der Waals surface area contributed by atoms with E-state index in [1.165, 1.54) is 24.3 Å². The van der Waals surface area contributed by atoms with Gasteiger partial charge in [0, 0.05) is 29.3 Å². The predicted octanol–water partition coefficient (Wildman–Crippen LogP) is 4.24. The van der Waals surface area contributed by atoms with Crippen molar-refractivity contribution in [3.63, 3.8) is 0 Å². The maximum Gasteiger partial charge on any atom is 0.306 e. The zero-order valence-corrected chi connectivity index (χ0v) is 16.0. The minimum Gasteiger partial charge on any atom is -0.492 e. The van der Waals surface area contributed by atoms with Crippen molar-refractivity contribution < 1.29 is 24.0 Å². The van der Waals surface area contributed by atoms with Crippen LogP contribution < -0.4 is 10.1 Å². The Bertz CT molecular complexity index is 875. The first-order chi connectivity index (χ1) is 13.3. The van der Waals surface area contributed by atoms with Gasteiger partial charge in [0.15, 0.2) is 6.61 Å². The van der Waals surface area contributed by atoms with Crippen LogP contribution in [0.2, 0.25) is 10.0 Å². The number of carbonyl (C=O) groups excluding carboxylic acids is 2. The minimum atomic E-state index is -0.599. The molecule has 0 unspecified atom stereocenters. The van der Waals surface area contributed by atoms with Crippen LogP contribution in [0.3, 0.4) is 0 Å². The van der Waals surface area contributed by atoms with E-state index in [-0.39, 0.29) is 24.4 Å². The first-order valence-electron chi connectivity index (χ1n) is 8.13. The van der Waals surface area contributed by atoms with Crippen LogP contribution in [0.25, 0.3) is 0 Å². The number of ether oxygens (including phenoxy) is 2. The van der Waals surface area contributed by atoms with Crippen LogP contribution in [0, 0.1) is 10.1 Å². The highest BCUT2D eigenvalue weighted by atomic mass is 35.5. The van der Waals surface area contributed by atoms with Gasteiger partial charge in [0.2, 0.25) is 0 Å². The van der Waals surface area contributed by atoms with Crippen molar-refractivity contribution in [2.24, 2.45) is 0 Å². The van der Waals surface area contributed by atoms with E-state index >= 15 is 0 Å². The summed E-state index contributed by atoms with van der Waals surface area (Å²) in [5.74, 6) is -0.714. The fourth-order valence-electron chi connectivity index (χ4n) is 2.10. The van der Waals surface area contributed by atoms with Gasteiger partial charge in [-0.3, -0.25) is 19.7 Å². The van der Waals surface area contributed by atoms with Crippen molar-refractivity contribution in [1.29, 1.82) is 0 Å². The number of halogens is 2. The molecule has 1 N–H and O–H groups in total. The van der Waals surface area contributed by atoms with E-state index in [2.05, 4.69) is 5.32 Å². The van der Waals surface area contributed by atoms with Gasteiger partial charge in [0.05, 0.1) is 16.6 Å². The molecule has 10 heteroatoms. The second kappa shape index (κ2) is 10.5. The molecule has 2 aromatic carbocycles. The maximum atomic E-state index is 11.8. The lowest BCUT2D eigenvalue weighted by Crippen LogP contribution is -2.21. The average Bonchev–Trinajstić information content (AvgIpc) is 2.65. The molecule has 2 aromatic rings. The lowest BCUT2D eigenvalue weighted by Gasteiger charge is -2.09. The van der Waals surface area contributed by atoms with Crippen LogP contribution in [0.15, 0.2) is 42.5 Å². The molecule has 0 saturated heterocycles. The number of anilines is 1. The van der Waals surface area contributed by atoms with Gasteiger partial charge in [-0.1, -0.05) is 29.3 Å². The lowest BCUT2D eigenvalue weighted by molar-refractivity contribution is -0.384. The van der Waals surface area contributed by atoms with Gasteiger partial charge < -0.3 is 14.8 Å². The molecule has 8 nitrogen and oxygen atoms in total. The zero-order valence-electron chi connectivity index (χ0n) is 14.5. The molecule has 0 fully saturated rings. The molecule has 0 saturated carbocycles. The Balaban J connectivity index is 1.67. The number of nitrogens with one attached hydrogen (secondary N) is 1. The van der Waals surface area contributed by atoms with E-state index in [1.807, 2.05) is 0 Å². The quantitative estimate of drug-likeness (QED) is 0.278. The maximum absolute atomic E-state index is 11.8. The van der Waals surface area contributed by atoms with Crippen LogP contribution in [-0.2, 0) is 14.3 Å². The Morgan fingerprint density at radius 2 is 1.93 bits per heavy atom.